The number of amides is 1. The van der Waals surface area contributed by atoms with Crippen LogP contribution in [0.5, 0.6) is 0 Å². The molecule has 0 bridgehead atoms. The number of likely N-dealkylation sites (N-methyl/N-ethyl adjacent to an activating group) is 1. The molecule has 0 aliphatic heterocycles. The lowest BCUT2D eigenvalue weighted by atomic mass is 10.2. The van der Waals surface area contributed by atoms with Gasteiger partial charge in [-0.25, -0.2) is 0 Å². The zero-order valence-electron chi connectivity index (χ0n) is 12.2. The number of aromatic nitrogens is 1. The Kier molecular flexibility index (Phi) is 4.82. The lowest BCUT2D eigenvalue weighted by Gasteiger charge is -2.28. The van der Waals surface area contributed by atoms with Gasteiger partial charge in [0.1, 0.15) is 10.6 Å². The first kappa shape index (κ1) is 15.1. The molecule has 1 aromatic rings. The van der Waals surface area contributed by atoms with Crippen molar-refractivity contribution in [3.05, 3.63) is 5.56 Å². The molecule has 1 fully saturated rings. The lowest BCUT2D eigenvalue weighted by Crippen LogP contribution is -2.37. The molecule has 7 heteroatoms. The highest BCUT2D eigenvalue weighted by atomic mass is 32.1. The number of nitrogens with zero attached hydrogens (tertiary/aromatic N) is 2. The van der Waals surface area contributed by atoms with E-state index in [1.165, 1.54) is 11.5 Å². The van der Waals surface area contributed by atoms with Crippen molar-refractivity contribution >= 4 is 28.3 Å². The van der Waals surface area contributed by atoms with Crippen LogP contribution in [0.15, 0.2) is 0 Å². The zero-order valence-corrected chi connectivity index (χ0v) is 13.0. The van der Waals surface area contributed by atoms with E-state index < -0.39 is 0 Å². The summed E-state index contributed by atoms with van der Waals surface area (Å²) in [5.74, 6) is 0.197. The molecule has 1 aliphatic rings. The number of carbonyl (C=O) groups is 1. The van der Waals surface area contributed by atoms with E-state index in [0.29, 0.717) is 24.0 Å². The Morgan fingerprint density at radius 3 is 2.90 bits per heavy atom. The summed E-state index contributed by atoms with van der Waals surface area (Å²) < 4.78 is 9.35. The number of carbonyl (C=O) groups excluding carboxylic acids is 1. The number of methoxy groups -OCH3 is 1. The molecule has 3 N–H and O–H groups in total. The van der Waals surface area contributed by atoms with Crippen LogP contribution in [-0.4, -0.2) is 42.6 Å². The van der Waals surface area contributed by atoms with Crippen LogP contribution in [0.1, 0.15) is 37.0 Å². The molecule has 2 rings (SSSR count). The Morgan fingerprint density at radius 1 is 1.65 bits per heavy atom. The Morgan fingerprint density at radius 2 is 2.35 bits per heavy atom. The average molecular weight is 298 g/mol. The highest BCUT2D eigenvalue weighted by Gasteiger charge is 2.29. The Balaban J connectivity index is 2.23. The summed E-state index contributed by atoms with van der Waals surface area (Å²) in [5, 5.41) is 3.80. The minimum absolute atomic E-state index is 0.114. The monoisotopic (exact) mass is 298 g/mol. The number of nitrogen functional groups attached to an aromatic ring is 1. The third kappa shape index (κ3) is 3.21. The van der Waals surface area contributed by atoms with Crippen molar-refractivity contribution in [1.82, 2.24) is 9.69 Å². The van der Waals surface area contributed by atoms with Gasteiger partial charge in [0.05, 0.1) is 12.6 Å². The maximum absolute atomic E-state index is 12.3. The second-order valence-corrected chi connectivity index (χ2v) is 5.84. The minimum atomic E-state index is -0.114. The molecule has 1 atom stereocenters. The first-order valence-corrected chi connectivity index (χ1v) is 7.67. The number of nitrogens with two attached hydrogens (primary N) is 1. The van der Waals surface area contributed by atoms with Gasteiger partial charge < -0.3 is 20.7 Å². The van der Waals surface area contributed by atoms with Gasteiger partial charge in [-0.15, -0.1) is 0 Å². The molecule has 20 heavy (non-hydrogen) atoms. The van der Waals surface area contributed by atoms with Crippen LogP contribution in [0.25, 0.3) is 0 Å². The summed E-state index contributed by atoms with van der Waals surface area (Å²) in [6, 6.07) is 0.471. The number of hydrogen-bond acceptors (Lipinski definition) is 6. The van der Waals surface area contributed by atoms with Crippen LogP contribution in [0.2, 0.25) is 0 Å². The summed E-state index contributed by atoms with van der Waals surface area (Å²) in [5.41, 5.74) is 6.39. The molecule has 1 heterocycles. The van der Waals surface area contributed by atoms with Gasteiger partial charge >= 0.3 is 0 Å². The Labute approximate surface area is 123 Å². The highest BCUT2D eigenvalue weighted by molar-refractivity contribution is 7.11. The number of ether oxygens (including phenoxy) is 1. The van der Waals surface area contributed by atoms with Gasteiger partial charge in [-0.3, -0.25) is 4.79 Å². The fraction of sp³-hybridized carbons (Fsp3) is 0.692. The Bertz CT molecular complexity index is 473. The fourth-order valence-corrected chi connectivity index (χ4v) is 3.15. The molecule has 112 valence electrons. The van der Waals surface area contributed by atoms with E-state index in [0.717, 1.165) is 24.4 Å². The molecule has 1 unspecified atom stereocenters. The van der Waals surface area contributed by atoms with Crippen LogP contribution in [0.4, 0.5) is 10.8 Å². The van der Waals surface area contributed by atoms with Crippen LogP contribution < -0.4 is 16.0 Å². The van der Waals surface area contributed by atoms with Crippen molar-refractivity contribution in [2.45, 2.75) is 38.8 Å². The standard InChI is InChI=1S/C13H22N4O2S/c1-4-17(8(2)7-19-3)13-10(11(14)16-20-13)12(18)15-9-5-6-9/h8-9H,4-7H2,1-3H3,(H2,14,16)(H,15,18). The summed E-state index contributed by atoms with van der Waals surface area (Å²) in [6.07, 6.45) is 2.10. The van der Waals surface area contributed by atoms with Gasteiger partial charge in [-0.2, -0.15) is 4.37 Å². The van der Waals surface area contributed by atoms with E-state index >= 15 is 0 Å². The topological polar surface area (TPSA) is 80.5 Å². The summed E-state index contributed by atoms with van der Waals surface area (Å²) in [4.78, 5) is 14.4. The van der Waals surface area contributed by atoms with Gasteiger partial charge in [-0.1, -0.05) is 0 Å². The first-order valence-electron chi connectivity index (χ1n) is 6.90. The predicted octanol–water partition coefficient (Wildman–Crippen LogP) is 1.48. The first-order chi connectivity index (χ1) is 9.58. The summed E-state index contributed by atoms with van der Waals surface area (Å²) in [7, 11) is 1.67. The van der Waals surface area contributed by atoms with E-state index in [-0.39, 0.29) is 11.9 Å². The van der Waals surface area contributed by atoms with Crippen molar-refractivity contribution in [1.29, 1.82) is 0 Å². The number of rotatable bonds is 7. The normalized spacial score (nSPS) is 15.9. The lowest BCUT2D eigenvalue weighted by molar-refractivity contribution is 0.0952. The van der Waals surface area contributed by atoms with E-state index in [9.17, 15) is 4.79 Å². The third-order valence-corrected chi connectivity index (χ3v) is 4.28. The SMILES string of the molecule is CCN(c1snc(N)c1C(=O)NC1CC1)C(C)COC. The molecule has 0 aromatic carbocycles. The Hall–Kier alpha value is -1.34. The average Bonchev–Trinajstić information content (AvgIpc) is 3.13. The second kappa shape index (κ2) is 6.41. The van der Waals surface area contributed by atoms with Crippen LogP contribution >= 0.6 is 11.5 Å². The van der Waals surface area contributed by atoms with Crippen molar-refractivity contribution < 1.29 is 9.53 Å². The van der Waals surface area contributed by atoms with Crippen LogP contribution in [0.3, 0.4) is 0 Å². The molecule has 0 radical (unpaired) electrons. The van der Waals surface area contributed by atoms with E-state index in [4.69, 9.17) is 10.5 Å². The number of nitrogens with one attached hydrogen (secondary N) is 1. The molecule has 1 saturated carbocycles. The molecule has 0 spiro atoms. The van der Waals surface area contributed by atoms with Crippen molar-refractivity contribution in [2.75, 3.05) is 30.9 Å². The van der Waals surface area contributed by atoms with Crippen LogP contribution in [0, 0.1) is 0 Å². The zero-order chi connectivity index (χ0) is 14.7. The summed E-state index contributed by atoms with van der Waals surface area (Å²) >= 11 is 1.27. The maximum Gasteiger partial charge on any atom is 0.258 e. The molecule has 0 saturated heterocycles. The van der Waals surface area contributed by atoms with Crippen molar-refractivity contribution in [2.24, 2.45) is 0 Å². The number of hydrogen-bond donors (Lipinski definition) is 2. The molecule has 1 amide bonds. The van der Waals surface area contributed by atoms with Gasteiger partial charge in [0.25, 0.3) is 5.91 Å². The maximum atomic E-state index is 12.3. The summed E-state index contributed by atoms with van der Waals surface area (Å²) in [6.45, 7) is 5.47. The van der Waals surface area contributed by atoms with Crippen molar-refractivity contribution in [3.8, 4) is 0 Å². The third-order valence-electron chi connectivity index (χ3n) is 3.38. The quantitative estimate of drug-likeness (QED) is 0.797. The van der Waals surface area contributed by atoms with Crippen molar-refractivity contribution in [3.63, 3.8) is 0 Å². The molecular formula is C13H22N4O2S. The van der Waals surface area contributed by atoms with Gasteiger partial charge in [0.15, 0.2) is 5.82 Å². The largest absolute Gasteiger partial charge is 0.383 e. The fourth-order valence-electron chi connectivity index (χ4n) is 2.17. The van der Waals surface area contributed by atoms with Crippen LogP contribution in [-0.2, 0) is 4.74 Å². The second-order valence-electron chi connectivity index (χ2n) is 5.09. The van der Waals surface area contributed by atoms with Gasteiger partial charge in [0, 0.05) is 19.7 Å². The molecule has 1 aromatic heterocycles. The molecular weight excluding hydrogens is 276 g/mol. The molecule has 1 aliphatic carbocycles. The minimum Gasteiger partial charge on any atom is -0.383 e. The molecule has 6 nitrogen and oxygen atoms in total. The predicted molar refractivity (Wildman–Crippen MR) is 81.4 cm³/mol. The highest BCUT2D eigenvalue weighted by Crippen LogP contribution is 2.32. The van der Waals surface area contributed by atoms with E-state index in [1.54, 1.807) is 7.11 Å². The van der Waals surface area contributed by atoms with Gasteiger partial charge in [0.2, 0.25) is 0 Å². The van der Waals surface area contributed by atoms with E-state index in [2.05, 4.69) is 21.5 Å². The number of anilines is 2. The van der Waals surface area contributed by atoms with Gasteiger partial charge in [-0.05, 0) is 38.2 Å². The van der Waals surface area contributed by atoms with E-state index in [1.807, 2.05) is 6.92 Å². The smallest absolute Gasteiger partial charge is 0.258 e.